The van der Waals surface area contributed by atoms with E-state index in [9.17, 15) is 0 Å². The first-order valence-electron chi connectivity index (χ1n) is 16.0. The van der Waals surface area contributed by atoms with Crippen molar-refractivity contribution >= 4 is 67.5 Å². The monoisotopic (exact) mass is 670 g/mol. The van der Waals surface area contributed by atoms with E-state index in [4.69, 9.17) is 23.6 Å². The van der Waals surface area contributed by atoms with Crippen LogP contribution in [0.3, 0.4) is 0 Å². The molecule has 6 rings (SSSR count). The van der Waals surface area contributed by atoms with Crippen LogP contribution in [0, 0.1) is 0 Å². The summed E-state index contributed by atoms with van der Waals surface area (Å²) in [6, 6.07) is 54.7. The third-order valence-electron chi connectivity index (χ3n) is 8.94. The van der Waals surface area contributed by atoms with Crippen molar-refractivity contribution in [1.82, 2.24) is 0 Å². The molecule has 0 saturated carbocycles. The van der Waals surface area contributed by atoms with E-state index in [1.807, 2.05) is 0 Å². The topological polar surface area (TPSA) is 0 Å². The fraction of sp³-hybridized carbons (Fsp3) is 0.143. The lowest BCUT2D eigenvalue weighted by molar-refractivity contribution is 0.763. The van der Waals surface area contributed by atoms with Gasteiger partial charge in [-0.1, -0.05) is 202 Å². The van der Waals surface area contributed by atoms with Crippen LogP contribution in [0.4, 0.5) is 0 Å². The summed E-state index contributed by atoms with van der Waals surface area (Å²) < 4.78 is 0. The SMILES string of the molecule is CC(C)c1ccc(P(=S)(c2ccccc2)c2ccccc2CC(C)c2cccc(P(=S)(c3ccccc3)c3ccccc3)c2)cc1. The summed E-state index contributed by atoms with van der Waals surface area (Å²) in [5.41, 5.74) is 3.97. The number of hydrogen-bond acceptors (Lipinski definition) is 2. The Hall–Kier alpha value is -3.38. The van der Waals surface area contributed by atoms with Gasteiger partial charge < -0.3 is 0 Å². The number of rotatable bonds is 10. The van der Waals surface area contributed by atoms with E-state index in [1.165, 1.54) is 48.5 Å². The van der Waals surface area contributed by atoms with Gasteiger partial charge in [0, 0.05) is 12.1 Å². The Balaban J connectivity index is 1.41. The predicted molar refractivity (Wildman–Crippen MR) is 211 cm³/mol. The quantitative estimate of drug-likeness (QED) is 0.134. The molecule has 0 heterocycles. The van der Waals surface area contributed by atoms with Crippen LogP contribution in [-0.4, -0.2) is 0 Å². The van der Waals surface area contributed by atoms with Crippen LogP contribution in [0.5, 0.6) is 0 Å². The van der Waals surface area contributed by atoms with Gasteiger partial charge >= 0.3 is 0 Å². The molecule has 6 aromatic rings. The number of benzene rings is 6. The molecule has 0 fully saturated rings. The zero-order valence-corrected chi connectivity index (χ0v) is 30.1. The first-order chi connectivity index (χ1) is 22.3. The Kier molecular flexibility index (Phi) is 10.0. The third kappa shape index (κ3) is 6.43. The Morgan fingerprint density at radius 3 is 1.43 bits per heavy atom. The van der Waals surface area contributed by atoms with E-state index >= 15 is 0 Å². The van der Waals surface area contributed by atoms with Crippen LogP contribution in [0.1, 0.15) is 49.3 Å². The highest BCUT2D eigenvalue weighted by Crippen LogP contribution is 2.45. The smallest absolute Gasteiger partial charge is 0.0382 e. The zero-order valence-electron chi connectivity index (χ0n) is 26.7. The Morgan fingerprint density at radius 2 is 0.891 bits per heavy atom. The second-order valence-electron chi connectivity index (χ2n) is 12.3. The van der Waals surface area contributed by atoms with E-state index in [1.54, 1.807) is 0 Å². The Labute approximate surface area is 285 Å². The fourth-order valence-corrected chi connectivity index (χ4v) is 14.2. The second-order valence-corrected chi connectivity index (χ2v) is 21.1. The first kappa shape index (κ1) is 32.6. The van der Waals surface area contributed by atoms with Crippen LogP contribution in [0.15, 0.2) is 164 Å². The maximum absolute atomic E-state index is 6.85. The highest BCUT2D eigenvalue weighted by Gasteiger charge is 2.29. The van der Waals surface area contributed by atoms with Crippen molar-refractivity contribution in [2.75, 3.05) is 0 Å². The molecule has 2 atom stereocenters. The largest absolute Gasteiger partial charge is 0.0826 e. The maximum atomic E-state index is 6.85. The third-order valence-corrected chi connectivity index (χ3v) is 18.9. The average molecular weight is 671 g/mol. The highest BCUT2D eigenvalue weighted by molar-refractivity contribution is 8.26. The standard InChI is InChI=1S/C42H40P2S2/c1-32(2)34-26-28-40(29-27-34)44(46,39-22-11-6-12-23-39)42-25-14-13-16-36(42)30-33(3)35-17-15-24-41(31-35)43(45,37-18-7-4-8-19-37)38-20-9-5-10-21-38/h4-29,31-33H,30H2,1-3H3. The lowest BCUT2D eigenvalue weighted by Crippen LogP contribution is -2.28. The molecule has 0 saturated heterocycles. The van der Waals surface area contributed by atoms with E-state index < -0.39 is 12.1 Å². The van der Waals surface area contributed by atoms with Crippen LogP contribution in [0.2, 0.25) is 0 Å². The molecule has 4 heteroatoms. The Bertz CT molecular complexity index is 1960. The minimum Gasteiger partial charge on any atom is -0.0826 e. The Morgan fingerprint density at radius 1 is 0.435 bits per heavy atom. The van der Waals surface area contributed by atoms with Crippen molar-refractivity contribution in [2.45, 2.75) is 39.0 Å². The van der Waals surface area contributed by atoms with Gasteiger partial charge in [-0.2, -0.15) is 0 Å². The second kappa shape index (κ2) is 14.2. The van der Waals surface area contributed by atoms with Crippen LogP contribution in [0.25, 0.3) is 0 Å². The van der Waals surface area contributed by atoms with E-state index in [0.717, 1.165) is 6.42 Å². The lowest BCUT2D eigenvalue weighted by atomic mass is 9.94. The predicted octanol–water partition coefficient (Wildman–Crippen LogP) is 8.67. The van der Waals surface area contributed by atoms with E-state index in [-0.39, 0.29) is 5.92 Å². The molecular weight excluding hydrogens is 631 g/mol. The van der Waals surface area contributed by atoms with Crippen LogP contribution in [-0.2, 0) is 30.0 Å². The van der Waals surface area contributed by atoms with Crippen LogP contribution >= 0.6 is 12.1 Å². The lowest BCUT2D eigenvalue weighted by Gasteiger charge is -2.28. The van der Waals surface area contributed by atoms with Crippen molar-refractivity contribution in [3.8, 4) is 0 Å². The molecule has 0 aliphatic heterocycles. The van der Waals surface area contributed by atoms with Gasteiger partial charge in [0.25, 0.3) is 0 Å². The first-order valence-corrected chi connectivity index (χ1v) is 21.6. The molecular formula is C42H40P2S2. The molecule has 0 N–H and O–H groups in total. The molecule has 2 unspecified atom stereocenters. The molecule has 0 bridgehead atoms. The molecule has 0 aromatic heterocycles. The van der Waals surface area contributed by atoms with Gasteiger partial charge in [0.1, 0.15) is 0 Å². The number of hydrogen-bond donors (Lipinski definition) is 0. The normalized spacial score (nSPS) is 13.7. The molecule has 6 aromatic carbocycles. The summed E-state index contributed by atoms with van der Waals surface area (Å²) in [7, 11) is 0. The van der Waals surface area contributed by atoms with Gasteiger partial charge in [0.05, 0.1) is 0 Å². The minimum absolute atomic E-state index is 0.277. The molecule has 0 amide bonds. The van der Waals surface area contributed by atoms with Gasteiger partial charge in [0.15, 0.2) is 0 Å². The molecule has 0 nitrogen and oxygen atoms in total. The maximum Gasteiger partial charge on any atom is 0.0382 e. The van der Waals surface area contributed by atoms with Gasteiger partial charge in [-0.15, -0.1) is 0 Å². The summed E-state index contributed by atoms with van der Waals surface area (Å²) in [5, 5.41) is 7.44. The zero-order chi connectivity index (χ0) is 32.1. The fourth-order valence-electron chi connectivity index (χ4n) is 6.32. The molecule has 46 heavy (non-hydrogen) atoms. The average Bonchev–Trinajstić information content (AvgIpc) is 3.12. The summed E-state index contributed by atoms with van der Waals surface area (Å²) >= 11 is 13.5. The van der Waals surface area contributed by atoms with Gasteiger partial charge in [-0.25, -0.2) is 0 Å². The van der Waals surface area contributed by atoms with Gasteiger partial charge in [-0.3, -0.25) is 0 Å². The molecule has 0 aliphatic rings. The summed E-state index contributed by atoms with van der Waals surface area (Å²) in [4.78, 5) is 0. The molecule has 0 spiro atoms. The summed E-state index contributed by atoms with van der Waals surface area (Å²) in [5.74, 6) is 0.756. The van der Waals surface area contributed by atoms with Gasteiger partial charge in [0.2, 0.25) is 0 Å². The highest BCUT2D eigenvalue weighted by atomic mass is 32.4. The summed E-state index contributed by atoms with van der Waals surface area (Å²) in [6.07, 6.45) is 0.897. The molecule has 230 valence electrons. The summed E-state index contributed by atoms with van der Waals surface area (Å²) in [6.45, 7) is 6.82. The molecule has 0 radical (unpaired) electrons. The molecule has 0 aliphatic carbocycles. The van der Waals surface area contributed by atoms with E-state index in [0.29, 0.717) is 5.92 Å². The van der Waals surface area contributed by atoms with Crippen molar-refractivity contribution in [1.29, 1.82) is 0 Å². The van der Waals surface area contributed by atoms with Crippen molar-refractivity contribution in [3.05, 3.63) is 180 Å². The van der Waals surface area contributed by atoms with Crippen molar-refractivity contribution in [3.63, 3.8) is 0 Å². The van der Waals surface area contributed by atoms with Crippen molar-refractivity contribution in [2.24, 2.45) is 0 Å². The van der Waals surface area contributed by atoms with Crippen molar-refractivity contribution < 1.29 is 0 Å². The minimum atomic E-state index is -2.31. The van der Waals surface area contributed by atoms with Crippen LogP contribution < -0.4 is 31.8 Å². The van der Waals surface area contributed by atoms with Gasteiger partial charge in [-0.05, 0) is 72.8 Å². The van der Waals surface area contributed by atoms with E-state index in [2.05, 4.69) is 185 Å².